The number of rotatable bonds is 0. The van der Waals surface area contributed by atoms with E-state index < -0.39 is 11.0 Å². The van der Waals surface area contributed by atoms with Crippen molar-refractivity contribution in [3.05, 3.63) is 34.4 Å². The van der Waals surface area contributed by atoms with Gasteiger partial charge in [-0.25, -0.2) is 0 Å². The topological polar surface area (TPSA) is 53.4 Å². The number of nitrogens with zero attached hydrogens (tertiary/aromatic N) is 2. The van der Waals surface area contributed by atoms with Gasteiger partial charge in [-0.3, -0.25) is 9.78 Å². The van der Waals surface area contributed by atoms with E-state index in [9.17, 15) is 9.90 Å². The molecule has 0 saturated heterocycles. The van der Waals surface area contributed by atoms with E-state index in [1.165, 1.54) is 0 Å². The van der Waals surface area contributed by atoms with Crippen LogP contribution < -0.4 is 4.90 Å². The third kappa shape index (κ3) is 2.06. The third-order valence-corrected chi connectivity index (χ3v) is 6.04. The van der Waals surface area contributed by atoms with Crippen molar-refractivity contribution in [1.29, 1.82) is 0 Å². The molecule has 2 heterocycles. The average Bonchev–Trinajstić information content (AvgIpc) is 2.73. The first-order valence-corrected chi connectivity index (χ1v) is 8.73. The highest BCUT2D eigenvalue weighted by Gasteiger charge is 2.53. The summed E-state index contributed by atoms with van der Waals surface area (Å²) >= 11 is 3.54. The minimum atomic E-state index is -0.670. The van der Waals surface area contributed by atoms with Gasteiger partial charge in [0, 0.05) is 22.5 Å². The van der Waals surface area contributed by atoms with E-state index in [-0.39, 0.29) is 5.91 Å². The van der Waals surface area contributed by atoms with Crippen molar-refractivity contribution in [2.45, 2.75) is 43.6 Å². The molecule has 5 heteroatoms. The van der Waals surface area contributed by atoms with E-state index in [1.54, 1.807) is 4.90 Å². The van der Waals surface area contributed by atoms with Gasteiger partial charge in [-0.05, 0) is 50.8 Å². The van der Waals surface area contributed by atoms with Crippen LogP contribution in [0.15, 0.2) is 28.9 Å². The van der Waals surface area contributed by atoms with Gasteiger partial charge in [0.05, 0.1) is 28.4 Å². The molecular weight excluding hydrogens is 356 g/mol. The number of pyridine rings is 1. The molecule has 0 radical (unpaired) electrons. The molecule has 1 N–H and O–H groups in total. The van der Waals surface area contributed by atoms with Crippen LogP contribution in [-0.4, -0.2) is 28.6 Å². The number of hydrogen-bond acceptors (Lipinski definition) is 3. The van der Waals surface area contributed by atoms with Gasteiger partial charge >= 0.3 is 0 Å². The fourth-order valence-corrected chi connectivity index (χ4v) is 4.49. The van der Waals surface area contributed by atoms with Gasteiger partial charge in [-0.15, -0.1) is 0 Å². The van der Waals surface area contributed by atoms with Crippen LogP contribution in [0.1, 0.15) is 38.2 Å². The molecular formula is C18H19BrN2O2. The number of likely N-dealkylation sites (N-methyl/N-ethyl adjacent to an activating group) is 1. The SMILES string of the molecule is CN1C(=O)C2(CCC(C)(O)CC2)c2c1cnc1ccc(Br)cc21. The highest BCUT2D eigenvalue weighted by Crippen LogP contribution is 2.53. The molecule has 120 valence electrons. The number of aromatic nitrogens is 1. The summed E-state index contributed by atoms with van der Waals surface area (Å²) in [6.45, 7) is 1.87. The maximum Gasteiger partial charge on any atom is 0.237 e. The van der Waals surface area contributed by atoms with Crippen LogP contribution in [0.3, 0.4) is 0 Å². The Labute approximate surface area is 143 Å². The van der Waals surface area contributed by atoms with Crippen LogP contribution in [0.4, 0.5) is 5.69 Å². The van der Waals surface area contributed by atoms with Crippen LogP contribution in [0.2, 0.25) is 0 Å². The average molecular weight is 375 g/mol. The molecule has 0 unspecified atom stereocenters. The molecule has 0 bridgehead atoms. The fourth-order valence-electron chi connectivity index (χ4n) is 4.13. The number of hydrogen-bond donors (Lipinski definition) is 1. The highest BCUT2D eigenvalue weighted by molar-refractivity contribution is 9.10. The van der Waals surface area contributed by atoms with Gasteiger partial charge in [0.25, 0.3) is 0 Å². The Morgan fingerprint density at radius 2 is 1.96 bits per heavy atom. The number of carbonyl (C=O) groups is 1. The van der Waals surface area contributed by atoms with Gasteiger partial charge in [0.15, 0.2) is 0 Å². The summed E-state index contributed by atoms with van der Waals surface area (Å²) in [6, 6.07) is 6.01. The van der Waals surface area contributed by atoms with E-state index in [0.29, 0.717) is 25.7 Å². The summed E-state index contributed by atoms with van der Waals surface area (Å²) in [5, 5.41) is 11.4. The van der Waals surface area contributed by atoms with Crippen LogP contribution in [0, 0.1) is 0 Å². The predicted octanol–water partition coefficient (Wildman–Crippen LogP) is 3.54. The van der Waals surface area contributed by atoms with E-state index in [0.717, 1.165) is 26.6 Å². The molecule has 1 amide bonds. The predicted molar refractivity (Wildman–Crippen MR) is 93.6 cm³/mol. The van der Waals surface area contributed by atoms with Crippen molar-refractivity contribution in [3.63, 3.8) is 0 Å². The summed E-state index contributed by atoms with van der Waals surface area (Å²) < 4.78 is 0.986. The summed E-state index contributed by atoms with van der Waals surface area (Å²) in [5.41, 5.74) is 1.71. The first-order chi connectivity index (χ1) is 10.8. The minimum Gasteiger partial charge on any atom is -0.390 e. The largest absolute Gasteiger partial charge is 0.390 e. The molecule has 23 heavy (non-hydrogen) atoms. The second-order valence-corrected chi connectivity index (χ2v) is 8.04. The van der Waals surface area contributed by atoms with Gasteiger partial charge < -0.3 is 10.0 Å². The molecule has 1 aromatic heterocycles. The number of halogens is 1. The Hall–Kier alpha value is -1.46. The van der Waals surface area contributed by atoms with E-state index in [4.69, 9.17) is 0 Å². The lowest BCUT2D eigenvalue weighted by Crippen LogP contribution is -2.45. The van der Waals surface area contributed by atoms with E-state index in [1.807, 2.05) is 32.3 Å². The number of benzene rings is 1. The maximum atomic E-state index is 13.1. The zero-order valence-electron chi connectivity index (χ0n) is 13.3. The molecule has 0 atom stereocenters. The van der Waals surface area contributed by atoms with E-state index in [2.05, 4.69) is 27.0 Å². The van der Waals surface area contributed by atoms with Crippen molar-refractivity contribution in [2.24, 2.45) is 0 Å². The molecule has 1 saturated carbocycles. The van der Waals surface area contributed by atoms with E-state index >= 15 is 0 Å². The first-order valence-electron chi connectivity index (χ1n) is 7.93. The molecule has 4 nitrogen and oxygen atoms in total. The van der Waals surface area contributed by atoms with Gasteiger partial charge in [-0.1, -0.05) is 15.9 Å². The van der Waals surface area contributed by atoms with Gasteiger partial charge in [-0.2, -0.15) is 0 Å². The standard InChI is InChI=1S/C18H19BrN2O2/c1-17(23)5-7-18(8-6-17)15-12-9-11(19)3-4-13(12)20-10-14(15)21(2)16(18)22/h3-4,9-10,23H,5-8H2,1-2H3. The Morgan fingerprint density at radius 1 is 1.26 bits per heavy atom. The molecule has 2 aliphatic rings. The van der Waals surface area contributed by atoms with Crippen LogP contribution in [0.5, 0.6) is 0 Å². The Morgan fingerprint density at radius 3 is 2.65 bits per heavy atom. The minimum absolute atomic E-state index is 0.136. The molecule has 1 fully saturated rings. The monoisotopic (exact) mass is 374 g/mol. The van der Waals surface area contributed by atoms with Crippen molar-refractivity contribution < 1.29 is 9.90 Å². The maximum absolute atomic E-state index is 13.1. The summed E-state index contributed by atoms with van der Waals surface area (Å²) in [5.74, 6) is 0.136. The molecule has 1 aliphatic carbocycles. The summed E-state index contributed by atoms with van der Waals surface area (Å²) in [7, 11) is 1.83. The molecule has 1 aliphatic heterocycles. The molecule has 1 spiro atoms. The van der Waals surface area contributed by atoms with Crippen molar-refractivity contribution >= 4 is 38.4 Å². The van der Waals surface area contributed by atoms with Crippen LogP contribution in [0.25, 0.3) is 10.9 Å². The van der Waals surface area contributed by atoms with Gasteiger partial charge in [0.1, 0.15) is 0 Å². The van der Waals surface area contributed by atoms with Gasteiger partial charge in [0.2, 0.25) is 5.91 Å². The van der Waals surface area contributed by atoms with Crippen LogP contribution >= 0.6 is 15.9 Å². The number of carbonyl (C=O) groups excluding carboxylic acids is 1. The van der Waals surface area contributed by atoms with Crippen molar-refractivity contribution in [1.82, 2.24) is 4.98 Å². The highest BCUT2D eigenvalue weighted by atomic mass is 79.9. The Kier molecular flexibility index (Phi) is 3.13. The fraction of sp³-hybridized carbons (Fsp3) is 0.444. The number of anilines is 1. The zero-order chi connectivity index (χ0) is 16.4. The lowest BCUT2D eigenvalue weighted by molar-refractivity contribution is -0.126. The van der Waals surface area contributed by atoms with Crippen LogP contribution in [-0.2, 0) is 10.2 Å². The molecule has 2 aromatic rings. The van der Waals surface area contributed by atoms with Crippen molar-refractivity contribution in [3.8, 4) is 0 Å². The second kappa shape index (κ2) is 4.77. The summed E-state index contributed by atoms with van der Waals surface area (Å²) in [4.78, 5) is 19.3. The molecule has 4 rings (SSSR count). The Bertz CT molecular complexity index is 821. The number of aliphatic hydroxyl groups is 1. The quantitative estimate of drug-likeness (QED) is 0.767. The number of amides is 1. The lowest BCUT2D eigenvalue weighted by atomic mass is 9.65. The zero-order valence-corrected chi connectivity index (χ0v) is 14.9. The normalized spacial score (nSPS) is 30.3. The lowest BCUT2D eigenvalue weighted by Gasteiger charge is -2.39. The second-order valence-electron chi connectivity index (χ2n) is 7.12. The third-order valence-electron chi connectivity index (χ3n) is 5.54. The summed E-state index contributed by atoms with van der Waals surface area (Å²) in [6.07, 6.45) is 4.46. The Balaban J connectivity index is 1.98. The first kappa shape index (κ1) is 15.1. The van der Waals surface area contributed by atoms with Crippen molar-refractivity contribution in [2.75, 3.05) is 11.9 Å². The molecule has 1 aromatic carbocycles. The smallest absolute Gasteiger partial charge is 0.237 e. The number of fused-ring (bicyclic) bond motifs is 4.